The molecule has 0 atom stereocenters. The zero-order chi connectivity index (χ0) is 10.4. The monoisotopic (exact) mass is 214 g/mol. The molecule has 0 radical (unpaired) electrons. The van der Waals surface area contributed by atoms with Crippen molar-refractivity contribution in [2.45, 2.75) is 13.3 Å². The summed E-state index contributed by atoms with van der Waals surface area (Å²) in [6.07, 6.45) is 2.28. The van der Waals surface area contributed by atoms with Gasteiger partial charge in [-0.1, -0.05) is 0 Å². The van der Waals surface area contributed by atoms with Gasteiger partial charge in [0, 0.05) is 31.6 Å². The van der Waals surface area contributed by atoms with E-state index < -0.39 is 0 Å². The van der Waals surface area contributed by atoms with Crippen molar-refractivity contribution in [3.05, 3.63) is 16.6 Å². The number of aromatic nitrogens is 1. The lowest BCUT2D eigenvalue weighted by Gasteiger charge is -2.15. The largest absolute Gasteiger partial charge is 0.450 e. The van der Waals surface area contributed by atoms with Gasteiger partial charge in [-0.15, -0.1) is 11.3 Å². The molecular formula is C9H14N2O2S. The number of hydrogen-bond acceptors (Lipinski definition) is 4. The highest BCUT2D eigenvalue weighted by Gasteiger charge is 2.08. The van der Waals surface area contributed by atoms with Gasteiger partial charge in [-0.2, -0.15) is 0 Å². The van der Waals surface area contributed by atoms with Crippen LogP contribution in [0.25, 0.3) is 0 Å². The topological polar surface area (TPSA) is 42.4 Å². The van der Waals surface area contributed by atoms with Crippen LogP contribution in [0, 0.1) is 0 Å². The summed E-state index contributed by atoms with van der Waals surface area (Å²) >= 11 is 1.60. The molecule has 0 unspecified atom stereocenters. The van der Waals surface area contributed by atoms with Crippen molar-refractivity contribution in [3.8, 4) is 0 Å². The molecule has 0 aliphatic heterocycles. The fourth-order valence-corrected chi connectivity index (χ4v) is 1.57. The summed E-state index contributed by atoms with van der Waals surface area (Å²) in [6, 6.07) is 0. The van der Waals surface area contributed by atoms with E-state index in [1.54, 1.807) is 36.4 Å². The Labute approximate surface area is 87.5 Å². The van der Waals surface area contributed by atoms with Crippen LogP contribution >= 0.6 is 11.3 Å². The summed E-state index contributed by atoms with van der Waals surface area (Å²) in [5.74, 6) is 0. The first kappa shape index (κ1) is 11.0. The van der Waals surface area contributed by atoms with Crippen LogP contribution in [0.5, 0.6) is 0 Å². The van der Waals surface area contributed by atoms with Crippen LogP contribution in [0.1, 0.15) is 11.9 Å². The first-order chi connectivity index (χ1) is 6.74. The molecule has 1 aromatic rings. The summed E-state index contributed by atoms with van der Waals surface area (Å²) in [6.45, 7) is 2.86. The number of hydrogen-bond donors (Lipinski definition) is 0. The number of amides is 1. The Morgan fingerprint density at radius 3 is 3.07 bits per heavy atom. The quantitative estimate of drug-likeness (QED) is 0.767. The van der Waals surface area contributed by atoms with Crippen LogP contribution in [-0.4, -0.2) is 36.2 Å². The van der Waals surface area contributed by atoms with E-state index in [4.69, 9.17) is 4.74 Å². The van der Waals surface area contributed by atoms with Gasteiger partial charge in [0.2, 0.25) is 0 Å². The number of likely N-dealkylation sites (N-methyl/N-ethyl adjacent to an activating group) is 1. The first-order valence-electron chi connectivity index (χ1n) is 4.50. The maximum absolute atomic E-state index is 11.2. The number of carbonyl (C=O) groups excluding carboxylic acids is 1. The van der Waals surface area contributed by atoms with Gasteiger partial charge in [0.15, 0.2) is 0 Å². The van der Waals surface area contributed by atoms with Gasteiger partial charge < -0.3 is 9.64 Å². The summed E-state index contributed by atoms with van der Waals surface area (Å²) < 4.78 is 4.84. The second kappa shape index (κ2) is 5.59. The second-order valence-electron chi connectivity index (χ2n) is 2.80. The first-order valence-corrected chi connectivity index (χ1v) is 5.38. The summed E-state index contributed by atoms with van der Waals surface area (Å²) in [5.41, 5.74) is 0. The van der Waals surface area contributed by atoms with Gasteiger partial charge in [0.05, 0.1) is 11.6 Å². The molecule has 0 aliphatic rings. The molecule has 78 valence electrons. The highest BCUT2D eigenvalue weighted by atomic mass is 32.1. The minimum absolute atomic E-state index is 0.274. The Bertz CT molecular complexity index is 274. The maximum Gasteiger partial charge on any atom is 0.409 e. The highest BCUT2D eigenvalue weighted by Crippen LogP contribution is 2.05. The van der Waals surface area contributed by atoms with Gasteiger partial charge in [-0.25, -0.2) is 9.78 Å². The molecule has 1 aromatic heterocycles. The van der Waals surface area contributed by atoms with Crippen LogP contribution < -0.4 is 0 Å². The van der Waals surface area contributed by atoms with Gasteiger partial charge >= 0.3 is 6.09 Å². The van der Waals surface area contributed by atoms with E-state index in [2.05, 4.69) is 4.98 Å². The van der Waals surface area contributed by atoms with Crippen molar-refractivity contribution in [2.75, 3.05) is 20.2 Å². The Kier molecular flexibility index (Phi) is 4.39. The maximum atomic E-state index is 11.2. The molecule has 0 bridgehead atoms. The minimum Gasteiger partial charge on any atom is -0.450 e. The molecule has 4 nitrogen and oxygen atoms in total. The molecule has 5 heteroatoms. The van der Waals surface area contributed by atoms with E-state index in [0.29, 0.717) is 13.2 Å². The van der Waals surface area contributed by atoms with E-state index in [1.165, 1.54) is 0 Å². The SMILES string of the molecule is CCOC(=O)N(C)CCc1nccs1. The lowest BCUT2D eigenvalue weighted by Crippen LogP contribution is -2.29. The van der Waals surface area contributed by atoms with Gasteiger partial charge in [0.25, 0.3) is 0 Å². The number of ether oxygens (including phenoxy) is 1. The van der Waals surface area contributed by atoms with E-state index in [9.17, 15) is 4.79 Å². The van der Waals surface area contributed by atoms with Gasteiger partial charge in [-0.05, 0) is 6.92 Å². The number of thiazole rings is 1. The lowest BCUT2D eigenvalue weighted by atomic mass is 10.4. The van der Waals surface area contributed by atoms with Crippen LogP contribution in [0.15, 0.2) is 11.6 Å². The summed E-state index contributed by atoms with van der Waals surface area (Å²) in [7, 11) is 1.73. The summed E-state index contributed by atoms with van der Waals surface area (Å²) in [4.78, 5) is 16.9. The second-order valence-corrected chi connectivity index (χ2v) is 3.78. The number of carbonyl (C=O) groups is 1. The van der Waals surface area contributed by atoms with Crippen LogP contribution in [0.2, 0.25) is 0 Å². The van der Waals surface area contributed by atoms with Crippen molar-refractivity contribution < 1.29 is 9.53 Å². The van der Waals surface area contributed by atoms with Crippen molar-refractivity contribution in [1.82, 2.24) is 9.88 Å². The molecule has 1 rings (SSSR count). The molecule has 0 saturated heterocycles. The van der Waals surface area contributed by atoms with Gasteiger partial charge in [0.1, 0.15) is 0 Å². The molecule has 0 saturated carbocycles. The zero-order valence-electron chi connectivity index (χ0n) is 8.40. The lowest BCUT2D eigenvalue weighted by molar-refractivity contribution is 0.116. The Balaban J connectivity index is 2.27. The molecule has 14 heavy (non-hydrogen) atoms. The third-order valence-corrected chi connectivity index (χ3v) is 2.56. The van der Waals surface area contributed by atoms with E-state index in [0.717, 1.165) is 11.4 Å². The predicted molar refractivity (Wildman–Crippen MR) is 55.5 cm³/mol. The standard InChI is InChI=1S/C9H14N2O2S/c1-3-13-9(12)11(2)6-4-8-10-5-7-14-8/h5,7H,3-4,6H2,1-2H3. The number of nitrogens with zero attached hydrogens (tertiary/aromatic N) is 2. The molecule has 1 amide bonds. The van der Waals surface area contributed by atoms with Crippen LogP contribution in [-0.2, 0) is 11.2 Å². The average Bonchev–Trinajstić information content (AvgIpc) is 2.67. The highest BCUT2D eigenvalue weighted by molar-refractivity contribution is 7.09. The molecular weight excluding hydrogens is 200 g/mol. The average molecular weight is 214 g/mol. The fraction of sp³-hybridized carbons (Fsp3) is 0.556. The van der Waals surface area contributed by atoms with Crippen molar-refractivity contribution >= 4 is 17.4 Å². The normalized spacial score (nSPS) is 9.86. The Morgan fingerprint density at radius 2 is 2.50 bits per heavy atom. The fourth-order valence-electron chi connectivity index (χ4n) is 0.965. The Hall–Kier alpha value is -1.10. The Morgan fingerprint density at radius 1 is 1.71 bits per heavy atom. The molecule has 1 heterocycles. The molecule has 0 aliphatic carbocycles. The zero-order valence-corrected chi connectivity index (χ0v) is 9.21. The van der Waals surface area contributed by atoms with Crippen molar-refractivity contribution in [1.29, 1.82) is 0 Å². The third-order valence-electron chi connectivity index (χ3n) is 1.72. The third kappa shape index (κ3) is 3.33. The van der Waals surface area contributed by atoms with Crippen LogP contribution in [0.3, 0.4) is 0 Å². The van der Waals surface area contributed by atoms with Crippen LogP contribution in [0.4, 0.5) is 4.79 Å². The van der Waals surface area contributed by atoms with Gasteiger partial charge in [-0.3, -0.25) is 0 Å². The molecule has 0 spiro atoms. The molecule has 0 aromatic carbocycles. The number of rotatable bonds is 4. The molecule has 0 N–H and O–H groups in total. The van der Waals surface area contributed by atoms with E-state index in [-0.39, 0.29) is 6.09 Å². The smallest absolute Gasteiger partial charge is 0.409 e. The van der Waals surface area contributed by atoms with E-state index >= 15 is 0 Å². The minimum atomic E-state index is -0.274. The van der Waals surface area contributed by atoms with E-state index in [1.807, 2.05) is 5.38 Å². The summed E-state index contributed by atoms with van der Waals surface area (Å²) in [5, 5.41) is 2.97. The molecule has 0 fully saturated rings. The van der Waals surface area contributed by atoms with Crippen molar-refractivity contribution in [3.63, 3.8) is 0 Å². The predicted octanol–water partition coefficient (Wildman–Crippen LogP) is 1.77. The van der Waals surface area contributed by atoms with Crippen molar-refractivity contribution in [2.24, 2.45) is 0 Å².